The summed E-state index contributed by atoms with van der Waals surface area (Å²) in [6.07, 6.45) is 1.04. The van der Waals surface area contributed by atoms with E-state index >= 15 is 0 Å². The molecule has 2 heterocycles. The molecule has 0 unspecified atom stereocenters. The Labute approximate surface area is 271 Å². The molecule has 2 aliphatic heterocycles. The van der Waals surface area contributed by atoms with Crippen molar-refractivity contribution in [1.82, 2.24) is 20.0 Å². The van der Waals surface area contributed by atoms with Gasteiger partial charge in [-0.2, -0.15) is 0 Å². The Kier molecular flexibility index (Phi) is 10.6. The van der Waals surface area contributed by atoms with Crippen molar-refractivity contribution in [2.24, 2.45) is 0 Å². The molecule has 0 aliphatic carbocycles. The van der Waals surface area contributed by atoms with Crippen molar-refractivity contribution in [2.75, 3.05) is 72.5 Å². The molecule has 0 radical (unpaired) electrons. The van der Waals surface area contributed by atoms with Gasteiger partial charge in [-0.25, -0.2) is 0 Å². The second kappa shape index (κ2) is 14.8. The van der Waals surface area contributed by atoms with E-state index in [1.165, 1.54) is 10.5 Å². The number of hydrogen-bond acceptors (Lipinski definition) is 8. The van der Waals surface area contributed by atoms with Gasteiger partial charge in [0.15, 0.2) is 11.5 Å². The van der Waals surface area contributed by atoms with Gasteiger partial charge in [0.1, 0.15) is 0 Å². The fourth-order valence-electron chi connectivity index (χ4n) is 6.50. The minimum Gasteiger partial charge on any atom is -0.493 e. The molecule has 244 valence electrons. The van der Waals surface area contributed by atoms with E-state index in [0.29, 0.717) is 54.6 Å². The Bertz CT molecular complexity index is 1540. The number of rotatable bonds is 13. The predicted octanol–water partition coefficient (Wildman–Crippen LogP) is 4.38. The summed E-state index contributed by atoms with van der Waals surface area (Å²) in [5.74, 6) is 0.397. The highest BCUT2D eigenvalue weighted by Crippen LogP contribution is 2.40. The molecule has 0 aromatic heterocycles. The number of ether oxygens (including phenoxy) is 2. The first-order valence-electron chi connectivity index (χ1n) is 15.9. The van der Waals surface area contributed by atoms with Crippen LogP contribution in [0.4, 0.5) is 5.69 Å². The van der Waals surface area contributed by atoms with Crippen LogP contribution in [0.25, 0.3) is 0 Å². The van der Waals surface area contributed by atoms with Crippen molar-refractivity contribution >= 4 is 23.4 Å². The molecule has 1 N–H and O–H groups in total. The third kappa shape index (κ3) is 7.03. The van der Waals surface area contributed by atoms with Crippen molar-refractivity contribution in [3.63, 3.8) is 0 Å². The number of methoxy groups -OCH3 is 2. The van der Waals surface area contributed by atoms with Crippen LogP contribution in [0.15, 0.2) is 66.7 Å². The molecule has 1 fully saturated rings. The maximum absolute atomic E-state index is 14.3. The summed E-state index contributed by atoms with van der Waals surface area (Å²) < 4.78 is 11.0. The van der Waals surface area contributed by atoms with Crippen molar-refractivity contribution < 1.29 is 23.9 Å². The number of likely N-dealkylation sites (N-methyl/N-ethyl adjacent to an activating group) is 1. The number of amides is 3. The van der Waals surface area contributed by atoms with Gasteiger partial charge in [0.05, 0.1) is 43.6 Å². The highest BCUT2D eigenvalue weighted by molar-refractivity contribution is 6.24. The smallest absolute Gasteiger partial charge is 0.264 e. The van der Waals surface area contributed by atoms with E-state index in [-0.39, 0.29) is 17.7 Å². The average molecular weight is 628 g/mol. The van der Waals surface area contributed by atoms with E-state index in [4.69, 9.17) is 9.47 Å². The molecule has 3 amide bonds. The number of nitrogens with zero attached hydrogens (tertiary/aromatic N) is 4. The van der Waals surface area contributed by atoms with Gasteiger partial charge in [-0.3, -0.25) is 24.2 Å². The summed E-state index contributed by atoms with van der Waals surface area (Å²) in [7, 11) is 6.81. The summed E-state index contributed by atoms with van der Waals surface area (Å²) in [5.41, 5.74) is 3.73. The maximum atomic E-state index is 14.3. The molecule has 1 saturated heterocycles. The van der Waals surface area contributed by atoms with Gasteiger partial charge in [0.2, 0.25) is 5.91 Å². The van der Waals surface area contributed by atoms with E-state index in [1.54, 1.807) is 26.4 Å². The number of fused-ring (bicyclic) bond motifs is 1. The van der Waals surface area contributed by atoms with Crippen LogP contribution >= 0.6 is 0 Å². The Morgan fingerprint density at radius 1 is 0.870 bits per heavy atom. The van der Waals surface area contributed by atoms with Gasteiger partial charge < -0.3 is 24.6 Å². The van der Waals surface area contributed by atoms with Crippen LogP contribution < -0.4 is 19.7 Å². The van der Waals surface area contributed by atoms with Crippen LogP contribution in [0.2, 0.25) is 0 Å². The van der Waals surface area contributed by atoms with E-state index in [2.05, 4.69) is 46.3 Å². The average Bonchev–Trinajstić information content (AvgIpc) is 3.33. The first-order chi connectivity index (χ1) is 22.2. The maximum Gasteiger partial charge on any atom is 0.264 e. The normalized spacial score (nSPS) is 16.4. The highest BCUT2D eigenvalue weighted by atomic mass is 16.5. The lowest BCUT2D eigenvalue weighted by Crippen LogP contribution is -2.47. The second-order valence-electron chi connectivity index (χ2n) is 12.1. The van der Waals surface area contributed by atoms with Crippen molar-refractivity contribution in [1.29, 1.82) is 0 Å². The third-order valence-electron chi connectivity index (χ3n) is 8.95. The fourth-order valence-corrected chi connectivity index (χ4v) is 6.50. The third-order valence-corrected chi connectivity index (χ3v) is 8.95. The number of benzene rings is 3. The fraction of sp³-hybridized carbons (Fsp3) is 0.417. The zero-order valence-electron chi connectivity index (χ0n) is 27.5. The van der Waals surface area contributed by atoms with Crippen LogP contribution in [0.5, 0.6) is 11.5 Å². The lowest BCUT2D eigenvalue weighted by atomic mass is 9.99. The van der Waals surface area contributed by atoms with Crippen LogP contribution in [0.3, 0.4) is 0 Å². The lowest BCUT2D eigenvalue weighted by molar-refractivity contribution is -0.121. The van der Waals surface area contributed by atoms with Crippen LogP contribution in [-0.2, 0) is 4.79 Å². The summed E-state index contributed by atoms with van der Waals surface area (Å²) >= 11 is 0. The molecule has 0 spiro atoms. The van der Waals surface area contributed by atoms with Crippen LogP contribution in [-0.4, -0.2) is 100 Å². The number of nitrogens with one attached hydrogen (secondary N) is 1. The molecule has 46 heavy (non-hydrogen) atoms. The van der Waals surface area contributed by atoms with Crippen LogP contribution in [0, 0.1) is 0 Å². The van der Waals surface area contributed by atoms with Crippen molar-refractivity contribution in [3.05, 3.63) is 89.0 Å². The molecule has 2 atom stereocenters. The van der Waals surface area contributed by atoms with Crippen LogP contribution in [0.1, 0.15) is 63.7 Å². The molecule has 3 aromatic carbocycles. The summed E-state index contributed by atoms with van der Waals surface area (Å²) in [6, 6.07) is 21.3. The van der Waals surface area contributed by atoms with Gasteiger partial charge in [-0.15, -0.1) is 0 Å². The summed E-state index contributed by atoms with van der Waals surface area (Å²) in [6.45, 7) is 6.14. The predicted molar refractivity (Wildman–Crippen MR) is 179 cm³/mol. The number of hydrogen-bond donors (Lipinski definition) is 1. The largest absolute Gasteiger partial charge is 0.493 e. The minimum absolute atomic E-state index is 0.0729. The molecule has 0 bridgehead atoms. The second-order valence-corrected chi connectivity index (χ2v) is 12.1. The molecular formula is C36H45N5O5. The zero-order chi connectivity index (χ0) is 32.8. The van der Waals surface area contributed by atoms with E-state index < -0.39 is 6.04 Å². The monoisotopic (exact) mass is 627 g/mol. The van der Waals surface area contributed by atoms with Gasteiger partial charge in [-0.1, -0.05) is 42.5 Å². The SMILES string of the molecule is COc1ccc([C@@H](CCCNC(=O)CN(C)C)N2C(=O)c3cccc(N4CCN([C@H](C)c5ccccc5)CC4)c3C2=O)cc1OC. The summed E-state index contributed by atoms with van der Waals surface area (Å²) in [4.78, 5) is 48.5. The Morgan fingerprint density at radius 3 is 2.26 bits per heavy atom. The van der Waals surface area contributed by atoms with Gasteiger partial charge in [0, 0.05) is 38.8 Å². The number of carbonyl (C=O) groups is 3. The standard InChI is InChI=1S/C36H45N5O5/c1-25(26-11-7-6-8-12-26)39-19-21-40(22-20-39)30-14-9-13-28-34(30)36(44)41(35(28)43)29(15-10-18-37-33(42)24-38(2)3)27-16-17-31(45-4)32(23-27)46-5/h6-9,11-14,16-17,23,25,29H,10,15,18-22,24H2,1-5H3,(H,37,42)/t25-,29-/m1/s1. The summed E-state index contributed by atoms with van der Waals surface area (Å²) in [5, 5.41) is 2.94. The first-order valence-corrected chi connectivity index (χ1v) is 15.9. The Balaban J connectivity index is 1.37. The molecular weight excluding hydrogens is 582 g/mol. The van der Waals surface area contributed by atoms with E-state index in [0.717, 1.165) is 37.4 Å². The highest BCUT2D eigenvalue weighted by Gasteiger charge is 2.43. The van der Waals surface area contributed by atoms with E-state index in [1.807, 2.05) is 49.3 Å². The number of imide groups is 1. The van der Waals surface area contributed by atoms with Gasteiger partial charge >= 0.3 is 0 Å². The number of piperazine rings is 1. The molecule has 5 rings (SSSR count). The number of carbonyl (C=O) groups excluding carboxylic acids is 3. The van der Waals surface area contributed by atoms with Crippen molar-refractivity contribution in [3.8, 4) is 11.5 Å². The molecule has 10 nitrogen and oxygen atoms in total. The first kappa shape index (κ1) is 33.0. The zero-order valence-corrected chi connectivity index (χ0v) is 27.5. The van der Waals surface area contributed by atoms with E-state index in [9.17, 15) is 14.4 Å². The lowest BCUT2D eigenvalue weighted by Gasteiger charge is -2.39. The van der Waals surface area contributed by atoms with Gasteiger partial charge in [0.25, 0.3) is 11.8 Å². The number of anilines is 1. The quantitative estimate of drug-likeness (QED) is 0.221. The Morgan fingerprint density at radius 2 is 1.59 bits per heavy atom. The van der Waals surface area contributed by atoms with Gasteiger partial charge in [-0.05, 0) is 69.3 Å². The topological polar surface area (TPSA) is 94.7 Å². The molecule has 0 saturated carbocycles. The van der Waals surface area contributed by atoms with Crippen molar-refractivity contribution in [2.45, 2.75) is 31.8 Å². The molecule has 2 aliphatic rings. The Hall–Kier alpha value is -4.41. The molecule has 3 aromatic rings. The minimum atomic E-state index is -0.561. The molecule has 10 heteroatoms.